The van der Waals surface area contributed by atoms with Gasteiger partial charge in [-0.15, -0.1) is 11.3 Å². The molecule has 0 aliphatic rings. The second kappa shape index (κ2) is 3.82. The third kappa shape index (κ3) is 1.56. The number of nitrogens with zero attached hydrogens (tertiary/aromatic N) is 1. The van der Waals surface area contributed by atoms with Crippen molar-refractivity contribution in [2.45, 2.75) is 6.92 Å². The van der Waals surface area contributed by atoms with Crippen LogP contribution < -0.4 is 0 Å². The Morgan fingerprint density at radius 3 is 2.76 bits per heavy atom. The van der Waals surface area contributed by atoms with Crippen molar-refractivity contribution in [3.05, 3.63) is 39.3 Å². The first-order chi connectivity index (χ1) is 8.18. The average Bonchev–Trinajstić information content (AvgIpc) is 2.84. The van der Waals surface area contributed by atoms with Gasteiger partial charge in [0.1, 0.15) is 0 Å². The van der Waals surface area contributed by atoms with Crippen molar-refractivity contribution < 1.29 is 0 Å². The molecule has 0 aliphatic carbocycles. The van der Waals surface area contributed by atoms with E-state index in [1.807, 2.05) is 0 Å². The van der Waals surface area contributed by atoms with Crippen LogP contribution in [0.25, 0.3) is 22.2 Å². The van der Waals surface area contributed by atoms with Crippen LogP contribution in [-0.2, 0) is 7.05 Å². The van der Waals surface area contributed by atoms with Crippen LogP contribution in [0.1, 0.15) is 5.69 Å². The summed E-state index contributed by atoms with van der Waals surface area (Å²) in [5, 5.41) is 3.37. The van der Waals surface area contributed by atoms with Crippen molar-refractivity contribution in [1.82, 2.24) is 9.55 Å². The van der Waals surface area contributed by atoms with E-state index in [9.17, 15) is 0 Å². The molecule has 1 aromatic carbocycles. The van der Waals surface area contributed by atoms with Gasteiger partial charge in [-0.1, -0.05) is 18.2 Å². The van der Waals surface area contributed by atoms with Gasteiger partial charge in [0.25, 0.3) is 0 Å². The molecule has 3 aromatic rings. The molecule has 0 spiro atoms. The molecule has 0 bridgehead atoms. The van der Waals surface area contributed by atoms with E-state index in [4.69, 9.17) is 12.2 Å². The van der Waals surface area contributed by atoms with Crippen molar-refractivity contribution in [1.29, 1.82) is 0 Å². The highest BCUT2D eigenvalue weighted by Gasteiger charge is 2.13. The minimum atomic E-state index is 0.826. The van der Waals surface area contributed by atoms with Crippen LogP contribution >= 0.6 is 23.6 Å². The maximum Gasteiger partial charge on any atom is 0.158 e. The third-order valence-electron chi connectivity index (χ3n) is 3.19. The fourth-order valence-electron chi connectivity index (χ4n) is 2.26. The first-order valence-corrected chi connectivity index (χ1v) is 6.69. The highest BCUT2D eigenvalue weighted by Crippen LogP contribution is 2.33. The molecular formula is C13H12N2S2. The predicted octanol–water partition coefficient (Wildman–Crippen LogP) is 4.27. The van der Waals surface area contributed by atoms with Gasteiger partial charge in [0.05, 0.1) is 5.69 Å². The summed E-state index contributed by atoms with van der Waals surface area (Å²) in [5.41, 5.74) is 4.89. The van der Waals surface area contributed by atoms with E-state index in [0.29, 0.717) is 0 Å². The van der Waals surface area contributed by atoms with Gasteiger partial charge in [0.15, 0.2) is 3.95 Å². The number of hydrogen-bond acceptors (Lipinski definition) is 2. The van der Waals surface area contributed by atoms with E-state index in [0.717, 1.165) is 9.65 Å². The first-order valence-electron chi connectivity index (χ1n) is 5.40. The molecule has 0 amide bonds. The number of rotatable bonds is 1. The number of aryl methyl sites for hydroxylation is 1. The Morgan fingerprint density at radius 2 is 2.06 bits per heavy atom. The number of fused-ring (bicyclic) bond motifs is 1. The van der Waals surface area contributed by atoms with Crippen LogP contribution in [0, 0.1) is 10.9 Å². The van der Waals surface area contributed by atoms with Crippen LogP contribution in [0.4, 0.5) is 0 Å². The maximum absolute atomic E-state index is 5.16. The maximum atomic E-state index is 5.16. The Labute approximate surface area is 109 Å². The fraction of sp³-hybridized carbons (Fsp3) is 0.154. The molecule has 0 aliphatic heterocycles. The smallest absolute Gasteiger partial charge is 0.158 e. The van der Waals surface area contributed by atoms with Crippen molar-refractivity contribution in [2.75, 3.05) is 0 Å². The Bertz CT molecular complexity index is 746. The van der Waals surface area contributed by atoms with E-state index in [1.165, 1.54) is 22.2 Å². The van der Waals surface area contributed by atoms with Crippen LogP contribution in [0.3, 0.4) is 0 Å². The molecule has 2 heterocycles. The minimum absolute atomic E-state index is 0.826. The lowest BCUT2D eigenvalue weighted by atomic mass is 10.1. The lowest BCUT2D eigenvalue weighted by Gasteiger charge is -1.99. The summed E-state index contributed by atoms with van der Waals surface area (Å²) in [4.78, 5) is 3.26. The number of hydrogen-bond donors (Lipinski definition) is 1. The first kappa shape index (κ1) is 10.7. The highest BCUT2D eigenvalue weighted by molar-refractivity contribution is 7.73. The average molecular weight is 260 g/mol. The molecule has 2 nitrogen and oxygen atoms in total. The van der Waals surface area contributed by atoms with Gasteiger partial charge < -0.3 is 9.55 Å². The number of benzene rings is 1. The van der Waals surface area contributed by atoms with Crippen molar-refractivity contribution in [2.24, 2.45) is 7.05 Å². The van der Waals surface area contributed by atoms with E-state index in [2.05, 4.69) is 53.2 Å². The van der Waals surface area contributed by atoms with E-state index in [1.54, 1.807) is 11.3 Å². The molecule has 86 valence electrons. The number of aromatic nitrogens is 2. The molecule has 1 N–H and O–H groups in total. The van der Waals surface area contributed by atoms with Gasteiger partial charge in [-0.3, -0.25) is 0 Å². The summed E-state index contributed by atoms with van der Waals surface area (Å²) in [6, 6.07) is 8.45. The zero-order valence-corrected chi connectivity index (χ0v) is 11.3. The fourth-order valence-corrected chi connectivity index (χ4v) is 3.09. The topological polar surface area (TPSA) is 20.7 Å². The molecule has 3 rings (SSSR count). The quantitative estimate of drug-likeness (QED) is 0.648. The Balaban J connectivity index is 2.44. The van der Waals surface area contributed by atoms with Gasteiger partial charge in [0, 0.05) is 34.6 Å². The normalized spacial score (nSPS) is 11.2. The Hall–Kier alpha value is -1.39. The molecular weight excluding hydrogens is 248 g/mol. The third-order valence-corrected chi connectivity index (χ3v) is 4.25. The SMILES string of the molecule is Cc1c(-c2csc(=S)[nH]2)c2ccccc2n1C. The van der Waals surface area contributed by atoms with E-state index >= 15 is 0 Å². The Morgan fingerprint density at radius 1 is 1.29 bits per heavy atom. The van der Waals surface area contributed by atoms with Crippen LogP contribution in [0.5, 0.6) is 0 Å². The monoisotopic (exact) mass is 260 g/mol. The van der Waals surface area contributed by atoms with Crippen LogP contribution in [-0.4, -0.2) is 9.55 Å². The number of nitrogens with one attached hydrogen (secondary N) is 1. The van der Waals surface area contributed by atoms with Crippen molar-refractivity contribution >= 4 is 34.5 Å². The molecule has 0 atom stereocenters. The van der Waals surface area contributed by atoms with Gasteiger partial charge in [0.2, 0.25) is 0 Å². The zero-order valence-electron chi connectivity index (χ0n) is 9.65. The standard InChI is InChI=1S/C13H12N2S2/c1-8-12(10-7-17-13(16)14-10)9-5-3-4-6-11(9)15(8)2/h3-7H,1-2H3,(H,14,16). The Kier molecular flexibility index (Phi) is 2.42. The number of para-hydroxylation sites is 1. The zero-order chi connectivity index (χ0) is 12.0. The summed E-state index contributed by atoms with van der Waals surface area (Å²) >= 11 is 6.74. The van der Waals surface area contributed by atoms with Crippen molar-refractivity contribution in [3.63, 3.8) is 0 Å². The lowest BCUT2D eigenvalue weighted by molar-refractivity contribution is 0.919. The number of aromatic amines is 1. The van der Waals surface area contributed by atoms with Crippen molar-refractivity contribution in [3.8, 4) is 11.3 Å². The molecule has 0 saturated heterocycles. The second-order valence-electron chi connectivity index (χ2n) is 4.10. The number of H-pyrrole nitrogens is 1. The molecule has 17 heavy (non-hydrogen) atoms. The van der Waals surface area contributed by atoms with E-state index < -0.39 is 0 Å². The molecule has 0 radical (unpaired) electrons. The van der Waals surface area contributed by atoms with Gasteiger partial charge in [-0.25, -0.2) is 0 Å². The lowest BCUT2D eigenvalue weighted by Crippen LogP contribution is -1.90. The van der Waals surface area contributed by atoms with Gasteiger partial charge in [-0.2, -0.15) is 0 Å². The molecule has 0 unspecified atom stereocenters. The molecule has 2 aromatic heterocycles. The summed E-state index contributed by atoms with van der Waals surface area (Å²) in [7, 11) is 2.10. The highest BCUT2D eigenvalue weighted by atomic mass is 32.1. The van der Waals surface area contributed by atoms with Gasteiger partial charge >= 0.3 is 0 Å². The van der Waals surface area contributed by atoms with Crippen LogP contribution in [0.2, 0.25) is 0 Å². The predicted molar refractivity (Wildman–Crippen MR) is 76.2 cm³/mol. The second-order valence-corrected chi connectivity index (χ2v) is 5.64. The van der Waals surface area contributed by atoms with Gasteiger partial charge in [-0.05, 0) is 25.2 Å². The van der Waals surface area contributed by atoms with E-state index in [-0.39, 0.29) is 0 Å². The molecule has 0 saturated carbocycles. The summed E-state index contributed by atoms with van der Waals surface area (Å²) < 4.78 is 3.05. The summed E-state index contributed by atoms with van der Waals surface area (Å²) in [6.45, 7) is 2.14. The molecule has 4 heteroatoms. The number of thiazole rings is 1. The summed E-state index contributed by atoms with van der Waals surface area (Å²) in [5.74, 6) is 0. The minimum Gasteiger partial charge on any atom is -0.347 e. The van der Waals surface area contributed by atoms with Crippen LogP contribution in [0.15, 0.2) is 29.6 Å². The largest absolute Gasteiger partial charge is 0.347 e. The summed E-state index contributed by atoms with van der Waals surface area (Å²) in [6.07, 6.45) is 0. The molecule has 0 fully saturated rings.